The van der Waals surface area contributed by atoms with E-state index in [1.54, 1.807) is 0 Å². The predicted molar refractivity (Wildman–Crippen MR) is 56.1 cm³/mol. The SMILES string of the molecule is C[C-]=O.C[C-]=O.C[C-]=O.[Fe+4].c1cc[cH-]c1. The van der Waals surface area contributed by atoms with E-state index >= 15 is 0 Å². The average molecular weight is 250 g/mol. The second kappa shape index (κ2) is 38.4. The topological polar surface area (TPSA) is 51.2 Å². The molecule has 0 saturated heterocycles. The van der Waals surface area contributed by atoms with Crippen molar-refractivity contribution in [2.45, 2.75) is 20.8 Å². The van der Waals surface area contributed by atoms with Crippen molar-refractivity contribution < 1.29 is 31.5 Å². The molecule has 0 fully saturated rings. The van der Waals surface area contributed by atoms with Gasteiger partial charge >= 0.3 is 17.1 Å². The molecule has 1 aromatic rings. The molecule has 0 aliphatic carbocycles. The molecule has 1 rings (SSSR count). The minimum absolute atomic E-state index is 0. The third kappa shape index (κ3) is 101. The Balaban J connectivity index is -0.0000000550. The Morgan fingerprint density at radius 1 is 0.800 bits per heavy atom. The van der Waals surface area contributed by atoms with Gasteiger partial charge < -0.3 is 14.4 Å². The minimum Gasteiger partial charge on any atom is -0.542 e. The van der Waals surface area contributed by atoms with Crippen molar-refractivity contribution in [2.75, 3.05) is 0 Å². The first-order valence-corrected chi connectivity index (χ1v) is 3.78. The third-order valence-corrected chi connectivity index (χ3v) is 0.556. The molecule has 0 unspecified atom stereocenters. The zero-order valence-electron chi connectivity index (χ0n) is 8.97. The summed E-state index contributed by atoms with van der Waals surface area (Å²) in [5.41, 5.74) is 0. The van der Waals surface area contributed by atoms with Crippen LogP contribution in [-0.2, 0) is 31.5 Å². The maximum Gasteiger partial charge on any atom is 4.00 e. The molecule has 0 heterocycles. The molecule has 15 heavy (non-hydrogen) atoms. The Hall–Kier alpha value is -1.12. The van der Waals surface area contributed by atoms with Crippen LogP contribution in [0.5, 0.6) is 0 Å². The number of hydrogen-bond donors (Lipinski definition) is 0. The number of rotatable bonds is 0. The van der Waals surface area contributed by atoms with Gasteiger partial charge in [-0.3, -0.25) is 18.9 Å². The van der Waals surface area contributed by atoms with E-state index < -0.39 is 0 Å². The monoisotopic (exact) mass is 250 g/mol. The van der Waals surface area contributed by atoms with E-state index in [9.17, 15) is 0 Å². The summed E-state index contributed by atoms with van der Waals surface area (Å²) in [6.45, 7) is 3.96. The van der Waals surface area contributed by atoms with Gasteiger partial charge in [-0.15, -0.1) is 0 Å². The normalized spacial score (nSPS) is 5.27. The molecule has 0 aromatic heterocycles. The molecule has 3 nitrogen and oxygen atoms in total. The Morgan fingerprint density at radius 3 is 1.07 bits per heavy atom. The van der Waals surface area contributed by atoms with Gasteiger partial charge in [0.25, 0.3) is 0 Å². The van der Waals surface area contributed by atoms with Crippen molar-refractivity contribution >= 4 is 18.9 Å². The molecule has 84 valence electrons. The van der Waals surface area contributed by atoms with Gasteiger partial charge in [-0.2, -0.15) is 39.0 Å². The van der Waals surface area contributed by atoms with Gasteiger partial charge in [0.1, 0.15) is 0 Å². The van der Waals surface area contributed by atoms with Crippen LogP contribution in [0.3, 0.4) is 0 Å². The van der Waals surface area contributed by atoms with E-state index in [2.05, 4.69) is 0 Å². The second-order valence-corrected chi connectivity index (χ2v) is 1.57. The molecule has 4 heteroatoms. The summed E-state index contributed by atoms with van der Waals surface area (Å²) in [6.07, 6.45) is 4.50. The van der Waals surface area contributed by atoms with Crippen molar-refractivity contribution in [1.29, 1.82) is 0 Å². The van der Waals surface area contributed by atoms with Crippen LogP contribution in [0.1, 0.15) is 20.8 Å². The molecule has 0 aliphatic rings. The van der Waals surface area contributed by atoms with Crippen LogP contribution in [0, 0.1) is 0 Å². The largest absolute Gasteiger partial charge is 4.00 e. The van der Waals surface area contributed by atoms with Crippen LogP contribution >= 0.6 is 0 Å². The Bertz CT molecular complexity index is 152. The fraction of sp³-hybridized carbons (Fsp3) is 0.273. The van der Waals surface area contributed by atoms with E-state index in [4.69, 9.17) is 14.4 Å². The van der Waals surface area contributed by atoms with Crippen molar-refractivity contribution in [3.63, 3.8) is 0 Å². The standard InChI is InChI=1S/C5H5.3C2H3O.Fe/c1-2-4-5-3-1;3*1-2-3;/h1-5H;3*1H3;/q4*-1;+4. The molecule has 0 bridgehead atoms. The van der Waals surface area contributed by atoms with E-state index in [0.717, 1.165) is 0 Å². The van der Waals surface area contributed by atoms with Crippen molar-refractivity contribution in [1.82, 2.24) is 0 Å². The smallest absolute Gasteiger partial charge is 0.542 e. The number of hydrogen-bond acceptors (Lipinski definition) is 3. The van der Waals surface area contributed by atoms with E-state index in [1.807, 2.05) is 30.3 Å². The van der Waals surface area contributed by atoms with Crippen molar-refractivity contribution in [3.05, 3.63) is 30.3 Å². The van der Waals surface area contributed by atoms with E-state index in [0.29, 0.717) is 0 Å². The molecule has 0 spiro atoms. The van der Waals surface area contributed by atoms with Gasteiger partial charge in [0.2, 0.25) is 0 Å². The van der Waals surface area contributed by atoms with Gasteiger partial charge in [0.05, 0.1) is 0 Å². The van der Waals surface area contributed by atoms with Crippen molar-refractivity contribution in [2.24, 2.45) is 0 Å². The maximum absolute atomic E-state index is 8.68. The third-order valence-electron chi connectivity index (χ3n) is 0.556. The van der Waals surface area contributed by atoms with E-state index in [1.165, 1.54) is 39.6 Å². The fourth-order valence-corrected chi connectivity index (χ4v) is 0.321. The van der Waals surface area contributed by atoms with Gasteiger partial charge in [-0.1, -0.05) is 0 Å². The van der Waals surface area contributed by atoms with Crippen LogP contribution in [0.25, 0.3) is 0 Å². The predicted octanol–water partition coefficient (Wildman–Crippen LogP) is 1.75. The van der Waals surface area contributed by atoms with Crippen LogP contribution in [0.2, 0.25) is 0 Å². The first-order chi connectivity index (χ1) is 6.74. The summed E-state index contributed by atoms with van der Waals surface area (Å²) in [5.74, 6) is 0. The number of carbonyl (C=O) groups excluding carboxylic acids is 3. The Labute approximate surface area is 102 Å². The van der Waals surface area contributed by atoms with Gasteiger partial charge in [-0.05, 0) is 0 Å². The summed E-state index contributed by atoms with van der Waals surface area (Å²) in [5, 5.41) is 0. The molecule has 0 amide bonds. The Kier molecular flexibility index (Phi) is 60.4. The molecule has 0 aliphatic heterocycles. The van der Waals surface area contributed by atoms with E-state index in [-0.39, 0.29) is 17.1 Å². The molecule has 0 atom stereocenters. The zero-order chi connectivity index (χ0) is 11.7. The summed E-state index contributed by atoms with van der Waals surface area (Å²) in [6, 6.07) is 10.0. The van der Waals surface area contributed by atoms with Crippen molar-refractivity contribution in [3.8, 4) is 0 Å². The zero-order valence-corrected chi connectivity index (χ0v) is 10.1. The molecule has 0 saturated carbocycles. The molecule has 0 N–H and O–H groups in total. The Morgan fingerprint density at radius 2 is 1.00 bits per heavy atom. The molecular formula is C11H14FeO3. The fourth-order valence-electron chi connectivity index (χ4n) is 0.321. The summed E-state index contributed by atoms with van der Waals surface area (Å²) in [7, 11) is 0. The molecular weight excluding hydrogens is 236 g/mol. The second-order valence-electron chi connectivity index (χ2n) is 1.57. The van der Waals surface area contributed by atoms with Gasteiger partial charge in [0.15, 0.2) is 0 Å². The van der Waals surface area contributed by atoms with Crippen LogP contribution in [0.4, 0.5) is 0 Å². The molecule has 0 radical (unpaired) electrons. The van der Waals surface area contributed by atoms with Gasteiger partial charge in [0, 0.05) is 0 Å². The first-order valence-electron chi connectivity index (χ1n) is 3.78. The maximum atomic E-state index is 8.68. The van der Waals surface area contributed by atoms with Crippen LogP contribution < -0.4 is 0 Å². The average Bonchev–Trinajstić information content (AvgIpc) is 2.63. The minimum atomic E-state index is 0. The summed E-state index contributed by atoms with van der Waals surface area (Å²) < 4.78 is 0. The quantitative estimate of drug-likeness (QED) is 0.520. The van der Waals surface area contributed by atoms with Gasteiger partial charge in [-0.25, -0.2) is 12.1 Å². The van der Waals surface area contributed by atoms with Crippen LogP contribution in [-0.4, -0.2) is 18.9 Å². The summed E-state index contributed by atoms with van der Waals surface area (Å²) >= 11 is 0. The van der Waals surface area contributed by atoms with Crippen LogP contribution in [0.15, 0.2) is 30.3 Å². The first kappa shape index (κ1) is 23.6. The molecule has 1 aromatic carbocycles. The summed E-state index contributed by atoms with van der Waals surface area (Å²) in [4.78, 5) is 26.0.